The second-order valence-electron chi connectivity index (χ2n) is 6.71. The number of methoxy groups -OCH3 is 1. The second kappa shape index (κ2) is 8.48. The van der Waals surface area contributed by atoms with Crippen LogP contribution in [0, 0.1) is 20.8 Å². The number of nitrogens with zero attached hydrogens (tertiary/aromatic N) is 3. The molecule has 0 radical (unpaired) electrons. The Morgan fingerprint density at radius 2 is 1.86 bits per heavy atom. The Bertz CT molecular complexity index is 990. The van der Waals surface area contributed by atoms with Crippen molar-refractivity contribution < 1.29 is 9.53 Å². The van der Waals surface area contributed by atoms with Crippen molar-refractivity contribution >= 4 is 23.4 Å². The molecule has 0 atom stereocenters. The molecular formula is C21H24N4O2S. The number of carbonyl (C=O) groups is 1. The fraction of sp³-hybridized carbons (Fsp3) is 0.286. The van der Waals surface area contributed by atoms with Gasteiger partial charge >= 0.3 is 0 Å². The largest absolute Gasteiger partial charge is 0.497 e. The van der Waals surface area contributed by atoms with Crippen LogP contribution < -0.4 is 10.1 Å². The third-order valence-corrected chi connectivity index (χ3v) is 5.46. The van der Waals surface area contributed by atoms with E-state index >= 15 is 0 Å². The summed E-state index contributed by atoms with van der Waals surface area (Å²) < 4.78 is 7.15. The van der Waals surface area contributed by atoms with Gasteiger partial charge in [0, 0.05) is 18.3 Å². The Morgan fingerprint density at radius 1 is 1.14 bits per heavy atom. The van der Waals surface area contributed by atoms with Gasteiger partial charge in [0.15, 0.2) is 11.0 Å². The van der Waals surface area contributed by atoms with Crippen molar-refractivity contribution in [1.29, 1.82) is 0 Å². The molecule has 28 heavy (non-hydrogen) atoms. The van der Waals surface area contributed by atoms with E-state index in [1.54, 1.807) is 7.11 Å². The topological polar surface area (TPSA) is 69.0 Å². The van der Waals surface area contributed by atoms with Gasteiger partial charge in [-0.2, -0.15) is 0 Å². The molecule has 0 fully saturated rings. The quantitative estimate of drug-likeness (QED) is 0.634. The highest BCUT2D eigenvalue weighted by molar-refractivity contribution is 7.99. The predicted octanol–water partition coefficient (Wildman–Crippen LogP) is 4.15. The molecule has 7 heteroatoms. The van der Waals surface area contributed by atoms with E-state index in [2.05, 4.69) is 34.6 Å². The Balaban J connectivity index is 1.68. The summed E-state index contributed by atoms with van der Waals surface area (Å²) in [4.78, 5) is 12.4. The number of hydrogen-bond acceptors (Lipinski definition) is 5. The molecule has 2 aromatic carbocycles. The van der Waals surface area contributed by atoms with Gasteiger partial charge in [-0.1, -0.05) is 41.6 Å². The normalized spacial score (nSPS) is 10.8. The molecule has 6 nitrogen and oxygen atoms in total. The zero-order valence-electron chi connectivity index (χ0n) is 16.7. The molecule has 1 N–H and O–H groups in total. The van der Waals surface area contributed by atoms with E-state index in [4.69, 9.17) is 4.74 Å². The van der Waals surface area contributed by atoms with Crippen LogP contribution in [0.15, 0.2) is 41.6 Å². The minimum atomic E-state index is -0.0639. The average molecular weight is 397 g/mol. The van der Waals surface area contributed by atoms with Crippen molar-refractivity contribution in [1.82, 2.24) is 14.8 Å². The first kappa shape index (κ1) is 19.9. The predicted molar refractivity (Wildman–Crippen MR) is 113 cm³/mol. The van der Waals surface area contributed by atoms with Gasteiger partial charge in [0.2, 0.25) is 5.91 Å². The van der Waals surface area contributed by atoms with E-state index in [1.807, 2.05) is 49.7 Å². The highest BCUT2D eigenvalue weighted by Crippen LogP contribution is 2.26. The van der Waals surface area contributed by atoms with Crippen molar-refractivity contribution in [3.05, 3.63) is 53.1 Å². The molecule has 0 aliphatic carbocycles. The molecule has 3 aromatic rings. The fourth-order valence-electron chi connectivity index (χ4n) is 3.14. The summed E-state index contributed by atoms with van der Waals surface area (Å²) in [6, 6.07) is 11.8. The van der Waals surface area contributed by atoms with Gasteiger partial charge in [0.1, 0.15) is 5.75 Å². The molecule has 0 spiro atoms. The van der Waals surface area contributed by atoms with Gasteiger partial charge in [0.05, 0.1) is 12.9 Å². The number of thioether (sulfide) groups is 1. The van der Waals surface area contributed by atoms with E-state index < -0.39 is 0 Å². The minimum absolute atomic E-state index is 0.0639. The molecule has 146 valence electrons. The van der Waals surface area contributed by atoms with Crippen molar-refractivity contribution in [2.75, 3.05) is 18.2 Å². The third-order valence-electron chi connectivity index (χ3n) is 4.44. The van der Waals surface area contributed by atoms with E-state index in [1.165, 1.54) is 17.3 Å². The number of carbonyl (C=O) groups excluding carboxylic acids is 1. The highest BCUT2D eigenvalue weighted by atomic mass is 32.2. The summed E-state index contributed by atoms with van der Waals surface area (Å²) in [5.41, 5.74) is 5.11. The van der Waals surface area contributed by atoms with Crippen molar-refractivity contribution in [2.24, 2.45) is 7.05 Å². The average Bonchev–Trinajstić information content (AvgIpc) is 3.03. The van der Waals surface area contributed by atoms with Crippen LogP contribution in [0.1, 0.15) is 16.7 Å². The lowest BCUT2D eigenvalue weighted by Crippen LogP contribution is -2.16. The molecule has 1 heterocycles. The first-order valence-corrected chi connectivity index (χ1v) is 9.92. The van der Waals surface area contributed by atoms with E-state index in [-0.39, 0.29) is 11.7 Å². The van der Waals surface area contributed by atoms with E-state index in [0.29, 0.717) is 5.16 Å². The number of ether oxygens (including phenoxy) is 1. The lowest BCUT2D eigenvalue weighted by Gasteiger charge is -2.12. The maximum atomic E-state index is 12.4. The van der Waals surface area contributed by atoms with E-state index in [9.17, 15) is 4.79 Å². The van der Waals surface area contributed by atoms with Crippen molar-refractivity contribution in [3.63, 3.8) is 0 Å². The van der Waals surface area contributed by atoms with Gasteiger partial charge < -0.3 is 14.6 Å². The van der Waals surface area contributed by atoms with Crippen LogP contribution in [0.25, 0.3) is 11.4 Å². The molecule has 0 aliphatic heterocycles. The van der Waals surface area contributed by atoms with E-state index in [0.717, 1.165) is 34.0 Å². The molecule has 0 unspecified atom stereocenters. The highest BCUT2D eigenvalue weighted by Gasteiger charge is 2.14. The standard InChI is InChI=1S/C21H24N4O2S/c1-13-9-14(2)19(15(3)10-13)22-18(26)12-28-21-24-23-20(25(21)4)16-7-6-8-17(11-16)27-5/h6-11H,12H2,1-5H3,(H,22,26). The first-order chi connectivity index (χ1) is 13.4. The zero-order valence-corrected chi connectivity index (χ0v) is 17.6. The molecule has 0 aliphatic rings. The Labute approximate surface area is 169 Å². The van der Waals surface area contributed by atoms with Crippen molar-refractivity contribution in [3.8, 4) is 17.1 Å². The van der Waals surface area contributed by atoms with Crippen LogP contribution in [-0.2, 0) is 11.8 Å². The van der Waals surface area contributed by atoms with Crippen LogP contribution in [0.3, 0.4) is 0 Å². The van der Waals surface area contributed by atoms with Gasteiger partial charge in [-0.05, 0) is 44.0 Å². The fourth-order valence-corrected chi connectivity index (χ4v) is 3.85. The molecule has 0 saturated heterocycles. The zero-order chi connectivity index (χ0) is 20.3. The van der Waals surface area contributed by atoms with Gasteiger partial charge in [-0.25, -0.2) is 0 Å². The third kappa shape index (κ3) is 4.36. The molecule has 1 amide bonds. The minimum Gasteiger partial charge on any atom is -0.497 e. The maximum Gasteiger partial charge on any atom is 0.234 e. The number of aryl methyl sites for hydroxylation is 3. The van der Waals surface area contributed by atoms with Crippen LogP contribution in [-0.4, -0.2) is 33.5 Å². The smallest absolute Gasteiger partial charge is 0.234 e. The maximum absolute atomic E-state index is 12.4. The molecule has 3 rings (SSSR count). The lowest BCUT2D eigenvalue weighted by atomic mass is 10.1. The number of amides is 1. The van der Waals surface area contributed by atoms with Gasteiger partial charge in [-0.3, -0.25) is 4.79 Å². The van der Waals surface area contributed by atoms with Crippen LogP contribution >= 0.6 is 11.8 Å². The number of anilines is 1. The van der Waals surface area contributed by atoms with Gasteiger partial charge in [0.25, 0.3) is 0 Å². The number of benzene rings is 2. The van der Waals surface area contributed by atoms with Crippen LogP contribution in [0.2, 0.25) is 0 Å². The Morgan fingerprint density at radius 3 is 2.54 bits per heavy atom. The first-order valence-electron chi connectivity index (χ1n) is 8.93. The lowest BCUT2D eigenvalue weighted by molar-refractivity contribution is -0.113. The Hall–Kier alpha value is -2.80. The molecule has 1 aromatic heterocycles. The van der Waals surface area contributed by atoms with Crippen molar-refractivity contribution in [2.45, 2.75) is 25.9 Å². The monoisotopic (exact) mass is 396 g/mol. The molecular weight excluding hydrogens is 372 g/mol. The number of hydrogen-bond donors (Lipinski definition) is 1. The summed E-state index contributed by atoms with van der Waals surface area (Å²) >= 11 is 1.36. The summed E-state index contributed by atoms with van der Waals surface area (Å²) in [5.74, 6) is 1.69. The van der Waals surface area contributed by atoms with Crippen LogP contribution in [0.4, 0.5) is 5.69 Å². The summed E-state index contributed by atoms with van der Waals surface area (Å²) in [7, 11) is 3.52. The molecule has 0 saturated carbocycles. The van der Waals surface area contributed by atoms with Crippen LogP contribution in [0.5, 0.6) is 5.75 Å². The SMILES string of the molecule is COc1cccc(-c2nnc(SCC(=O)Nc3c(C)cc(C)cc3C)n2C)c1. The number of rotatable bonds is 6. The summed E-state index contributed by atoms with van der Waals surface area (Å²) in [6.07, 6.45) is 0. The number of nitrogens with one attached hydrogen (secondary N) is 1. The Kier molecular flexibility index (Phi) is 6.04. The summed E-state index contributed by atoms with van der Waals surface area (Å²) in [6.45, 7) is 6.06. The number of aromatic nitrogens is 3. The second-order valence-corrected chi connectivity index (χ2v) is 7.65. The molecule has 0 bridgehead atoms. The summed E-state index contributed by atoms with van der Waals surface area (Å²) in [5, 5.41) is 12.2. The van der Waals surface area contributed by atoms with Gasteiger partial charge in [-0.15, -0.1) is 10.2 Å².